The van der Waals surface area contributed by atoms with Crippen molar-refractivity contribution in [3.05, 3.63) is 42.1 Å². The number of fused-ring (bicyclic) bond motifs is 1. The molecule has 1 aromatic heterocycles. The summed E-state index contributed by atoms with van der Waals surface area (Å²) in [6.07, 6.45) is 1.73. The fourth-order valence-electron chi connectivity index (χ4n) is 1.90. The van der Waals surface area contributed by atoms with E-state index in [2.05, 4.69) is 4.98 Å². The highest BCUT2D eigenvalue weighted by molar-refractivity contribution is 5.82. The molecule has 1 N–H and O–H groups in total. The van der Waals surface area contributed by atoms with Crippen molar-refractivity contribution in [2.45, 2.75) is 12.5 Å². The summed E-state index contributed by atoms with van der Waals surface area (Å²) in [5.74, 6) is 0. The molecule has 0 aliphatic rings. The average Bonchev–Trinajstić information content (AvgIpc) is 2.28. The molecule has 2 aromatic rings. The normalized spacial score (nSPS) is 14.9. The van der Waals surface area contributed by atoms with Crippen LogP contribution in [0.3, 0.4) is 0 Å². The van der Waals surface area contributed by atoms with E-state index in [1.807, 2.05) is 30.3 Å². The maximum atomic E-state index is 10.3. The van der Waals surface area contributed by atoms with Crippen molar-refractivity contribution in [2.24, 2.45) is 0 Å². The molecule has 0 aliphatic heterocycles. The Morgan fingerprint density at radius 3 is 2.81 bits per heavy atom. The molecular weight excluding hydrogens is 202 g/mol. The van der Waals surface area contributed by atoms with Crippen molar-refractivity contribution in [2.75, 3.05) is 13.7 Å². The van der Waals surface area contributed by atoms with Crippen LogP contribution in [0.15, 0.2) is 36.5 Å². The number of pyridine rings is 1. The fraction of sp³-hybridized carbons (Fsp3) is 0.308. The number of hydrogen-bond donors (Lipinski definition) is 1. The lowest BCUT2D eigenvalue weighted by atomic mass is 9.94. The van der Waals surface area contributed by atoms with E-state index in [4.69, 9.17) is 4.74 Å². The molecule has 1 heterocycles. The Bertz CT molecular complexity index is 489. The van der Waals surface area contributed by atoms with Gasteiger partial charge >= 0.3 is 0 Å². The molecule has 0 saturated heterocycles. The number of methoxy groups -OCH3 is 1. The minimum atomic E-state index is -1.01. The van der Waals surface area contributed by atoms with E-state index in [1.54, 1.807) is 20.2 Å². The van der Waals surface area contributed by atoms with Crippen LogP contribution in [0.4, 0.5) is 0 Å². The third-order valence-corrected chi connectivity index (χ3v) is 2.64. The Balaban J connectivity index is 2.60. The number of para-hydroxylation sites is 1. The number of aromatic nitrogens is 1. The van der Waals surface area contributed by atoms with Crippen molar-refractivity contribution in [1.29, 1.82) is 0 Å². The minimum Gasteiger partial charge on any atom is -0.383 e. The number of benzene rings is 1. The predicted octanol–water partition coefficient (Wildman–Crippen LogP) is 2.09. The molecule has 16 heavy (non-hydrogen) atoms. The van der Waals surface area contributed by atoms with Gasteiger partial charge in [0.25, 0.3) is 0 Å². The molecule has 1 atom stereocenters. The second-order valence-corrected chi connectivity index (χ2v) is 4.09. The molecular formula is C13H15NO2. The summed E-state index contributed by atoms with van der Waals surface area (Å²) in [4.78, 5) is 4.31. The van der Waals surface area contributed by atoms with E-state index >= 15 is 0 Å². The van der Waals surface area contributed by atoms with Crippen LogP contribution in [-0.2, 0) is 10.3 Å². The SMILES string of the molecule is COCC(C)(O)c1cccc2cccnc12. The van der Waals surface area contributed by atoms with Gasteiger partial charge in [-0.2, -0.15) is 0 Å². The van der Waals surface area contributed by atoms with Crippen molar-refractivity contribution in [3.8, 4) is 0 Å². The van der Waals surface area contributed by atoms with Crippen molar-refractivity contribution >= 4 is 10.9 Å². The van der Waals surface area contributed by atoms with Gasteiger partial charge in [0.05, 0.1) is 12.1 Å². The van der Waals surface area contributed by atoms with Crippen molar-refractivity contribution in [1.82, 2.24) is 4.98 Å². The molecule has 0 saturated carbocycles. The Kier molecular flexibility index (Phi) is 2.90. The van der Waals surface area contributed by atoms with Crippen LogP contribution in [0.25, 0.3) is 10.9 Å². The summed E-state index contributed by atoms with van der Waals surface area (Å²) in [5, 5.41) is 11.3. The van der Waals surface area contributed by atoms with Gasteiger partial charge in [0, 0.05) is 24.3 Å². The second kappa shape index (κ2) is 4.20. The molecule has 1 aromatic carbocycles. The lowest BCUT2D eigenvalue weighted by molar-refractivity contribution is -0.0198. The van der Waals surface area contributed by atoms with E-state index in [-0.39, 0.29) is 6.61 Å². The van der Waals surface area contributed by atoms with Gasteiger partial charge in [0.2, 0.25) is 0 Å². The summed E-state index contributed by atoms with van der Waals surface area (Å²) in [6, 6.07) is 9.65. The second-order valence-electron chi connectivity index (χ2n) is 4.09. The zero-order valence-corrected chi connectivity index (χ0v) is 9.47. The molecule has 0 spiro atoms. The molecule has 2 rings (SSSR count). The zero-order valence-electron chi connectivity index (χ0n) is 9.47. The highest BCUT2D eigenvalue weighted by Crippen LogP contribution is 2.27. The fourth-order valence-corrected chi connectivity index (χ4v) is 1.90. The highest BCUT2D eigenvalue weighted by Gasteiger charge is 2.25. The molecule has 0 radical (unpaired) electrons. The smallest absolute Gasteiger partial charge is 0.112 e. The number of rotatable bonds is 3. The summed E-state index contributed by atoms with van der Waals surface area (Å²) >= 11 is 0. The van der Waals surface area contributed by atoms with E-state index < -0.39 is 5.60 Å². The minimum absolute atomic E-state index is 0.253. The Morgan fingerprint density at radius 2 is 2.06 bits per heavy atom. The van der Waals surface area contributed by atoms with Gasteiger partial charge in [0.1, 0.15) is 5.60 Å². The van der Waals surface area contributed by atoms with Crippen LogP contribution in [0.2, 0.25) is 0 Å². The Labute approximate surface area is 94.7 Å². The molecule has 0 aliphatic carbocycles. The van der Waals surface area contributed by atoms with Crippen molar-refractivity contribution in [3.63, 3.8) is 0 Å². The van der Waals surface area contributed by atoms with Crippen LogP contribution in [0, 0.1) is 0 Å². The largest absolute Gasteiger partial charge is 0.383 e. The third kappa shape index (κ3) is 1.92. The first-order chi connectivity index (χ1) is 7.65. The van der Waals surface area contributed by atoms with E-state index in [1.165, 1.54) is 0 Å². The molecule has 0 amide bonds. The van der Waals surface area contributed by atoms with Crippen LogP contribution < -0.4 is 0 Å². The standard InChI is InChI=1S/C13H15NO2/c1-13(15,9-16-2)11-7-3-5-10-6-4-8-14-12(10)11/h3-8,15H,9H2,1-2H3. The molecule has 1 unspecified atom stereocenters. The first-order valence-electron chi connectivity index (χ1n) is 5.21. The Morgan fingerprint density at radius 1 is 1.31 bits per heavy atom. The van der Waals surface area contributed by atoms with Crippen LogP contribution in [0.1, 0.15) is 12.5 Å². The van der Waals surface area contributed by atoms with E-state index in [0.717, 1.165) is 16.5 Å². The topological polar surface area (TPSA) is 42.4 Å². The summed E-state index contributed by atoms with van der Waals surface area (Å²) in [7, 11) is 1.58. The van der Waals surface area contributed by atoms with E-state index in [0.29, 0.717) is 0 Å². The number of aliphatic hydroxyl groups is 1. The molecule has 0 bridgehead atoms. The third-order valence-electron chi connectivity index (χ3n) is 2.64. The van der Waals surface area contributed by atoms with Crippen LogP contribution >= 0.6 is 0 Å². The number of nitrogens with zero attached hydrogens (tertiary/aromatic N) is 1. The van der Waals surface area contributed by atoms with Gasteiger partial charge in [-0.25, -0.2) is 0 Å². The van der Waals surface area contributed by atoms with Crippen LogP contribution in [-0.4, -0.2) is 23.8 Å². The maximum Gasteiger partial charge on any atom is 0.112 e. The van der Waals surface area contributed by atoms with Gasteiger partial charge in [-0.05, 0) is 13.0 Å². The molecule has 3 heteroatoms. The van der Waals surface area contributed by atoms with Gasteiger partial charge in [-0.1, -0.05) is 24.3 Å². The van der Waals surface area contributed by atoms with Gasteiger partial charge in [-0.15, -0.1) is 0 Å². The molecule has 0 fully saturated rings. The predicted molar refractivity (Wildman–Crippen MR) is 63.2 cm³/mol. The van der Waals surface area contributed by atoms with E-state index in [9.17, 15) is 5.11 Å². The van der Waals surface area contributed by atoms with Crippen molar-refractivity contribution < 1.29 is 9.84 Å². The first kappa shape index (κ1) is 11.0. The van der Waals surface area contributed by atoms with Gasteiger partial charge in [0.15, 0.2) is 0 Å². The zero-order chi connectivity index (χ0) is 11.6. The summed E-state index contributed by atoms with van der Waals surface area (Å²) in [6.45, 7) is 1.99. The monoisotopic (exact) mass is 217 g/mol. The average molecular weight is 217 g/mol. The quantitative estimate of drug-likeness (QED) is 0.856. The number of hydrogen-bond acceptors (Lipinski definition) is 3. The maximum absolute atomic E-state index is 10.3. The summed E-state index contributed by atoms with van der Waals surface area (Å²) < 4.78 is 5.03. The Hall–Kier alpha value is -1.45. The van der Waals surface area contributed by atoms with Gasteiger partial charge < -0.3 is 9.84 Å². The molecule has 84 valence electrons. The lowest BCUT2D eigenvalue weighted by Gasteiger charge is -2.23. The lowest BCUT2D eigenvalue weighted by Crippen LogP contribution is -2.27. The summed E-state index contributed by atoms with van der Waals surface area (Å²) in [5.41, 5.74) is 0.613. The molecule has 3 nitrogen and oxygen atoms in total. The van der Waals surface area contributed by atoms with Gasteiger partial charge in [-0.3, -0.25) is 4.98 Å². The number of ether oxygens (including phenoxy) is 1. The first-order valence-corrected chi connectivity index (χ1v) is 5.21. The highest BCUT2D eigenvalue weighted by atomic mass is 16.5. The van der Waals surface area contributed by atoms with Crippen LogP contribution in [0.5, 0.6) is 0 Å².